The number of thiazole rings is 1. The molecule has 1 aromatic heterocycles. The van der Waals surface area contributed by atoms with Crippen molar-refractivity contribution >= 4 is 48.6 Å². The van der Waals surface area contributed by atoms with E-state index >= 15 is 0 Å². The summed E-state index contributed by atoms with van der Waals surface area (Å²) in [5.41, 5.74) is 0.925. The van der Waals surface area contributed by atoms with Gasteiger partial charge in [-0.3, -0.25) is 0 Å². The lowest BCUT2D eigenvalue weighted by Crippen LogP contribution is -2.32. The Labute approximate surface area is 130 Å². The number of aromatic nitrogens is 1. The summed E-state index contributed by atoms with van der Waals surface area (Å²) in [4.78, 5) is 16.3. The molecule has 108 valence electrons. The first-order valence-electron chi connectivity index (χ1n) is 6.40. The van der Waals surface area contributed by atoms with Gasteiger partial charge in [0.1, 0.15) is 6.04 Å². The van der Waals surface area contributed by atoms with E-state index in [2.05, 4.69) is 40.1 Å². The molecule has 0 fully saturated rings. The Balaban J connectivity index is 2.21. The van der Waals surface area contributed by atoms with Crippen molar-refractivity contribution in [1.82, 2.24) is 4.98 Å². The van der Waals surface area contributed by atoms with Crippen LogP contribution in [0.3, 0.4) is 0 Å². The first-order valence-corrected chi connectivity index (χ1v) is 8.01. The summed E-state index contributed by atoms with van der Waals surface area (Å²) in [6.07, 6.45) is 0.715. The highest BCUT2D eigenvalue weighted by Gasteiger charge is 2.21. The van der Waals surface area contributed by atoms with Gasteiger partial charge >= 0.3 is 5.97 Å². The largest absolute Gasteiger partial charge is 0.467 e. The van der Waals surface area contributed by atoms with Gasteiger partial charge in [0.2, 0.25) is 0 Å². The van der Waals surface area contributed by atoms with Crippen molar-refractivity contribution in [3.63, 3.8) is 0 Å². The zero-order chi connectivity index (χ0) is 14.7. The van der Waals surface area contributed by atoms with Crippen LogP contribution in [0.2, 0.25) is 0 Å². The molecular weight excluding hydrogens is 340 g/mol. The molecule has 0 saturated heterocycles. The molecular formula is C14H17BrN2O2S. The van der Waals surface area contributed by atoms with Crippen LogP contribution >= 0.6 is 27.3 Å². The molecule has 0 radical (unpaired) electrons. The molecule has 4 nitrogen and oxygen atoms in total. The van der Waals surface area contributed by atoms with Crippen LogP contribution in [-0.4, -0.2) is 24.1 Å². The third kappa shape index (κ3) is 3.70. The molecule has 2 rings (SSSR count). The maximum atomic E-state index is 11.8. The number of hydrogen-bond donors (Lipinski definition) is 1. The van der Waals surface area contributed by atoms with Gasteiger partial charge in [0.15, 0.2) is 5.13 Å². The topological polar surface area (TPSA) is 51.2 Å². The van der Waals surface area contributed by atoms with Gasteiger partial charge in [-0.1, -0.05) is 41.1 Å². The monoisotopic (exact) mass is 356 g/mol. The van der Waals surface area contributed by atoms with E-state index in [4.69, 9.17) is 4.74 Å². The highest BCUT2D eigenvalue weighted by atomic mass is 79.9. The number of nitrogens with zero attached hydrogens (tertiary/aromatic N) is 1. The molecule has 0 aliphatic carbocycles. The lowest BCUT2D eigenvalue weighted by atomic mass is 10.0. The van der Waals surface area contributed by atoms with Crippen molar-refractivity contribution in [1.29, 1.82) is 0 Å². The summed E-state index contributed by atoms with van der Waals surface area (Å²) in [5, 5.41) is 3.93. The van der Waals surface area contributed by atoms with Crippen LogP contribution < -0.4 is 5.32 Å². The van der Waals surface area contributed by atoms with Gasteiger partial charge < -0.3 is 10.1 Å². The van der Waals surface area contributed by atoms with E-state index in [1.54, 1.807) is 0 Å². The summed E-state index contributed by atoms with van der Waals surface area (Å²) >= 11 is 4.98. The number of carbonyl (C=O) groups excluding carboxylic acids is 1. The molecule has 0 aliphatic heterocycles. The first kappa shape index (κ1) is 15.3. The fourth-order valence-electron chi connectivity index (χ4n) is 1.94. The molecule has 1 unspecified atom stereocenters. The number of carbonyl (C=O) groups is 1. The summed E-state index contributed by atoms with van der Waals surface area (Å²) in [6, 6.07) is 5.58. The van der Waals surface area contributed by atoms with Gasteiger partial charge in [-0.15, -0.1) is 0 Å². The van der Waals surface area contributed by atoms with Gasteiger partial charge in [-0.05, 0) is 30.5 Å². The van der Waals surface area contributed by atoms with Crippen molar-refractivity contribution in [3.8, 4) is 0 Å². The Hall–Kier alpha value is -1.14. The summed E-state index contributed by atoms with van der Waals surface area (Å²) < 4.78 is 6.95. The van der Waals surface area contributed by atoms with Crippen LogP contribution in [-0.2, 0) is 9.53 Å². The molecule has 1 atom stereocenters. The van der Waals surface area contributed by atoms with Gasteiger partial charge in [0.05, 0.1) is 17.3 Å². The molecule has 1 heterocycles. The number of fused-ring (bicyclic) bond motifs is 1. The molecule has 0 spiro atoms. The fourth-order valence-corrected chi connectivity index (χ4v) is 3.41. The minimum atomic E-state index is -0.357. The van der Waals surface area contributed by atoms with Crippen molar-refractivity contribution in [3.05, 3.63) is 22.7 Å². The van der Waals surface area contributed by atoms with Crippen molar-refractivity contribution < 1.29 is 9.53 Å². The molecule has 6 heteroatoms. The minimum Gasteiger partial charge on any atom is -0.467 e. The number of hydrogen-bond acceptors (Lipinski definition) is 5. The quantitative estimate of drug-likeness (QED) is 0.820. The lowest BCUT2D eigenvalue weighted by Gasteiger charge is -2.17. The third-order valence-corrected chi connectivity index (χ3v) is 4.28. The number of ether oxygens (including phenoxy) is 1. The Morgan fingerprint density at radius 1 is 1.50 bits per heavy atom. The number of esters is 1. The van der Waals surface area contributed by atoms with Crippen LogP contribution in [0, 0.1) is 5.92 Å². The fraction of sp³-hybridized carbons (Fsp3) is 0.429. The zero-order valence-corrected chi connectivity index (χ0v) is 14.0. The average Bonchev–Trinajstić information content (AvgIpc) is 2.77. The maximum Gasteiger partial charge on any atom is 0.328 e. The summed E-state index contributed by atoms with van der Waals surface area (Å²) in [6.45, 7) is 4.15. The molecule has 0 aliphatic rings. The second-order valence-corrected chi connectivity index (χ2v) is 6.93. The lowest BCUT2D eigenvalue weighted by molar-refractivity contribution is -0.141. The van der Waals surface area contributed by atoms with E-state index in [0.29, 0.717) is 12.3 Å². The average molecular weight is 357 g/mol. The molecule has 2 aromatic rings. The highest BCUT2D eigenvalue weighted by Crippen LogP contribution is 2.29. The van der Waals surface area contributed by atoms with Crippen LogP contribution in [0.1, 0.15) is 20.3 Å². The number of anilines is 1. The van der Waals surface area contributed by atoms with Gasteiger partial charge in [-0.2, -0.15) is 0 Å². The predicted molar refractivity (Wildman–Crippen MR) is 86.2 cm³/mol. The first-order chi connectivity index (χ1) is 9.49. The SMILES string of the molecule is COC(=O)C(CC(C)C)Nc1nc2ccc(Br)cc2s1. The molecule has 0 bridgehead atoms. The van der Waals surface area contributed by atoms with E-state index in [1.165, 1.54) is 18.4 Å². The molecule has 1 N–H and O–H groups in total. The molecule has 0 saturated carbocycles. The van der Waals surface area contributed by atoms with Crippen molar-refractivity contribution in [2.75, 3.05) is 12.4 Å². The molecule has 1 aromatic carbocycles. The molecule has 20 heavy (non-hydrogen) atoms. The second kappa shape index (κ2) is 6.54. The van der Waals surface area contributed by atoms with Crippen molar-refractivity contribution in [2.24, 2.45) is 5.92 Å². The van der Waals surface area contributed by atoms with E-state index < -0.39 is 0 Å². The second-order valence-electron chi connectivity index (χ2n) is 4.98. The number of halogens is 1. The molecule has 0 amide bonds. The van der Waals surface area contributed by atoms with Gasteiger partial charge in [-0.25, -0.2) is 9.78 Å². The van der Waals surface area contributed by atoms with E-state index in [1.807, 2.05) is 18.2 Å². The Kier molecular flexibility index (Phi) is 4.99. The Morgan fingerprint density at radius 2 is 2.25 bits per heavy atom. The van der Waals surface area contributed by atoms with E-state index in [9.17, 15) is 4.79 Å². The Morgan fingerprint density at radius 3 is 2.90 bits per heavy atom. The van der Waals surface area contributed by atoms with Crippen LogP contribution in [0.5, 0.6) is 0 Å². The number of rotatable bonds is 5. The standard InChI is InChI=1S/C14H17BrN2O2S/c1-8(2)6-11(13(18)19-3)17-14-16-10-5-4-9(15)7-12(10)20-14/h4-5,7-8,11H,6H2,1-3H3,(H,16,17). The van der Waals surface area contributed by atoms with Crippen LogP contribution in [0.25, 0.3) is 10.2 Å². The third-order valence-electron chi connectivity index (χ3n) is 2.84. The van der Waals surface area contributed by atoms with Crippen LogP contribution in [0.15, 0.2) is 22.7 Å². The van der Waals surface area contributed by atoms with Crippen LogP contribution in [0.4, 0.5) is 5.13 Å². The smallest absolute Gasteiger partial charge is 0.328 e. The summed E-state index contributed by atoms with van der Waals surface area (Å²) in [7, 11) is 1.41. The number of nitrogens with one attached hydrogen (secondary N) is 1. The minimum absolute atomic E-state index is 0.251. The van der Waals surface area contributed by atoms with Crippen molar-refractivity contribution in [2.45, 2.75) is 26.3 Å². The Bertz CT molecular complexity index is 612. The van der Waals surface area contributed by atoms with Gasteiger partial charge in [0, 0.05) is 4.47 Å². The van der Waals surface area contributed by atoms with Gasteiger partial charge in [0.25, 0.3) is 0 Å². The number of methoxy groups -OCH3 is 1. The number of benzene rings is 1. The maximum absolute atomic E-state index is 11.8. The van der Waals surface area contributed by atoms with E-state index in [-0.39, 0.29) is 12.0 Å². The zero-order valence-electron chi connectivity index (χ0n) is 11.6. The highest BCUT2D eigenvalue weighted by molar-refractivity contribution is 9.10. The summed E-state index contributed by atoms with van der Waals surface area (Å²) in [5.74, 6) is 0.147. The normalized spacial score (nSPS) is 12.7. The predicted octanol–water partition coefficient (Wildman–Crippen LogP) is 4.06. The van der Waals surface area contributed by atoms with E-state index in [0.717, 1.165) is 19.8 Å².